The predicted molar refractivity (Wildman–Crippen MR) is 124 cm³/mol. The summed E-state index contributed by atoms with van der Waals surface area (Å²) in [5.41, 5.74) is 7.53. The van der Waals surface area contributed by atoms with Crippen molar-refractivity contribution in [3.63, 3.8) is 0 Å². The van der Waals surface area contributed by atoms with Gasteiger partial charge in [-0.25, -0.2) is 0 Å². The summed E-state index contributed by atoms with van der Waals surface area (Å²) < 4.78 is 10.9. The zero-order valence-corrected chi connectivity index (χ0v) is 18.0. The molecule has 0 saturated carbocycles. The minimum absolute atomic E-state index is 0.0146. The third-order valence-electron chi connectivity index (χ3n) is 5.13. The summed E-state index contributed by atoms with van der Waals surface area (Å²) >= 11 is 0. The quantitative estimate of drug-likeness (QED) is 0.388. The number of benzene rings is 3. The van der Waals surface area contributed by atoms with E-state index >= 15 is 0 Å². The molecule has 0 aliphatic rings. The van der Waals surface area contributed by atoms with Crippen molar-refractivity contribution in [1.82, 2.24) is 10.9 Å². The molecule has 2 amide bonds. The van der Waals surface area contributed by atoms with Gasteiger partial charge in [-0.15, -0.1) is 0 Å². The molecule has 1 aromatic heterocycles. The zero-order chi connectivity index (χ0) is 24.1. The van der Waals surface area contributed by atoms with Gasteiger partial charge in [0, 0.05) is 16.7 Å². The second-order valence-corrected chi connectivity index (χ2v) is 7.20. The van der Waals surface area contributed by atoms with Crippen LogP contribution in [0.5, 0.6) is 11.5 Å². The van der Waals surface area contributed by atoms with Gasteiger partial charge in [0.05, 0.1) is 18.9 Å². The summed E-state index contributed by atoms with van der Waals surface area (Å²) in [5, 5.41) is 18.6. The maximum absolute atomic E-state index is 13.0. The van der Waals surface area contributed by atoms with Gasteiger partial charge in [-0.1, -0.05) is 42.5 Å². The maximum Gasteiger partial charge on any atom is 0.306 e. The van der Waals surface area contributed by atoms with E-state index in [-0.39, 0.29) is 22.6 Å². The second kappa shape index (κ2) is 9.63. The van der Waals surface area contributed by atoms with Crippen LogP contribution in [-0.4, -0.2) is 24.0 Å². The number of methoxy groups -OCH3 is 1. The Labute approximate surface area is 195 Å². The molecule has 0 spiro atoms. The number of hydrogen-bond acceptors (Lipinski definition) is 6. The first-order valence-corrected chi connectivity index (χ1v) is 10.2. The van der Waals surface area contributed by atoms with E-state index < -0.39 is 11.8 Å². The summed E-state index contributed by atoms with van der Waals surface area (Å²) in [6.45, 7) is 0. The smallest absolute Gasteiger partial charge is 0.306 e. The van der Waals surface area contributed by atoms with Crippen LogP contribution in [0.4, 0.5) is 0 Å². The van der Waals surface area contributed by atoms with Crippen molar-refractivity contribution in [1.29, 1.82) is 5.26 Å². The van der Waals surface area contributed by atoms with Gasteiger partial charge < -0.3 is 14.3 Å². The van der Waals surface area contributed by atoms with Crippen molar-refractivity contribution in [2.45, 2.75) is 0 Å². The Hall–Kier alpha value is -5.03. The molecule has 0 radical (unpaired) electrons. The van der Waals surface area contributed by atoms with Gasteiger partial charge in [-0.3, -0.25) is 20.4 Å². The van der Waals surface area contributed by atoms with Crippen LogP contribution in [0.2, 0.25) is 0 Å². The molecule has 8 heteroatoms. The van der Waals surface area contributed by atoms with Crippen molar-refractivity contribution in [2.75, 3.05) is 7.11 Å². The number of carbonyl (C=O) groups is 2. The van der Waals surface area contributed by atoms with Crippen LogP contribution in [-0.2, 0) is 0 Å². The SMILES string of the molecule is COc1ccc(-c2coc(C(=O)NNC(=O)c3ccc(O)c(C#N)c3)c2-c2ccccc2)cc1. The lowest BCUT2D eigenvalue weighted by Gasteiger charge is -2.09. The van der Waals surface area contributed by atoms with Crippen molar-refractivity contribution >= 4 is 11.8 Å². The number of hydrogen-bond donors (Lipinski definition) is 3. The number of hydrazine groups is 1. The first-order valence-electron chi connectivity index (χ1n) is 10.2. The van der Waals surface area contributed by atoms with E-state index in [1.54, 1.807) is 13.2 Å². The Morgan fingerprint density at radius 2 is 1.65 bits per heavy atom. The zero-order valence-electron chi connectivity index (χ0n) is 18.0. The lowest BCUT2D eigenvalue weighted by molar-refractivity contribution is 0.0831. The fourth-order valence-corrected chi connectivity index (χ4v) is 3.41. The molecule has 4 rings (SSSR count). The lowest BCUT2D eigenvalue weighted by Crippen LogP contribution is -2.41. The fraction of sp³-hybridized carbons (Fsp3) is 0.0385. The van der Waals surface area contributed by atoms with E-state index in [1.165, 1.54) is 24.5 Å². The Morgan fingerprint density at radius 1 is 0.941 bits per heavy atom. The highest BCUT2D eigenvalue weighted by molar-refractivity contribution is 6.04. The first kappa shape index (κ1) is 22.2. The standard InChI is InChI=1S/C26H19N3O5/c1-33-20-10-7-16(8-11-20)21-15-34-24(23(21)17-5-3-2-4-6-17)26(32)29-28-25(31)18-9-12-22(30)19(13-18)14-27/h2-13,15,30H,1H3,(H,28,31)(H,29,32). The van der Waals surface area contributed by atoms with Gasteiger partial charge in [-0.2, -0.15) is 5.26 Å². The third-order valence-corrected chi connectivity index (χ3v) is 5.13. The summed E-state index contributed by atoms with van der Waals surface area (Å²) in [6.07, 6.45) is 1.49. The number of phenolic OH excluding ortho intramolecular Hbond substituents is 1. The van der Waals surface area contributed by atoms with Crippen LogP contribution in [0.3, 0.4) is 0 Å². The number of rotatable bonds is 5. The highest BCUT2D eigenvalue weighted by Gasteiger charge is 2.23. The van der Waals surface area contributed by atoms with Crippen LogP contribution in [0.15, 0.2) is 83.5 Å². The molecule has 0 bridgehead atoms. The topological polar surface area (TPSA) is 125 Å². The number of furan rings is 1. The molecule has 3 aromatic carbocycles. The Kier molecular flexibility index (Phi) is 6.28. The van der Waals surface area contributed by atoms with E-state index in [1.807, 2.05) is 54.6 Å². The molecule has 0 aliphatic carbocycles. The lowest BCUT2D eigenvalue weighted by atomic mass is 9.96. The predicted octanol–water partition coefficient (Wildman–Crippen LogP) is 4.27. The Balaban J connectivity index is 1.62. The number of amides is 2. The van der Waals surface area contributed by atoms with Crippen molar-refractivity contribution in [2.24, 2.45) is 0 Å². The molecular formula is C26H19N3O5. The van der Waals surface area contributed by atoms with Crippen molar-refractivity contribution in [3.8, 4) is 39.8 Å². The van der Waals surface area contributed by atoms with Gasteiger partial charge in [0.1, 0.15) is 17.6 Å². The molecule has 0 fully saturated rings. The molecule has 8 nitrogen and oxygen atoms in total. The van der Waals surface area contributed by atoms with Crippen molar-refractivity contribution in [3.05, 3.63) is 95.9 Å². The van der Waals surface area contributed by atoms with Crippen molar-refractivity contribution < 1.29 is 23.8 Å². The Bertz CT molecular complexity index is 1390. The number of nitrogens with one attached hydrogen (secondary N) is 2. The molecule has 0 unspecified atom stereocenters. The van der Waals surface area contributed by atoms with Crippen LogP contribution in [0, 0.1) is 11.3 Å². The van der Waals surface area contributed by atoms with E-state index in [2.05, 4.69) is 10.9 Å². The molecule has 0 aliphatic heterocycles. The average molecular weight is 453 g/mol. The number of nitrogens with zero attached hydrogens (tertiary/aromatic N) is 1. The van der Waals surface area contributed by atoms with Crippen LogP contribution in [0.1, 0.15) is 26.5 Å². The summed E-state index contributed by atoms with van der Waals surface area (Å²) in [5.74, 6) is -0.847. The molecule has 0 saturated heterocycles. The monoisotopic (exact) mass is 453 g/mol. The van der Waals surface area contributed by atoms with Gasteiger partial charge in [0.15, 0.2) is 0 Å². The van der Waals surface area contributed by atoms with Gasteiger partial charge in [0.2, 0.25) is 5.76 Å². The molecule has 3 N–H and O–H groups in total. The summed E-state index contributed by atoms with van der Waals surface area (Å²) in [7, 11) is 1.58. The molecule has 34 heavy (non-hydrogen) atoms. The molecule has 1 heterocycles. The van der Waals surface area contributed by atoms with Gasteiger partial charge in [0.25, 0.3) is 5.91 Å². The van der Waals surface area contributed by atoms with E-state index in [4.69, 9.17) is 14.4 Å². The van der Waals surface area contributed by atoms with Crippen LogP contribution in [0.25, 0.3) is 22.3 Å². The molecular weight excluding hydrogens is 434 g/mol. The summed E-state index contributed by atoms with van der Waals surface area (Å²) in [6, 6.07) is 22.2. The molecule has 4 aromatic rings. The largest absolute Gasteiger partial charge is 0.507 e. The minimum atomic E-state index is -0.661. The number of nitriles is 1. The fourth-order valence-electron chi connectivity index (χ4n) is 3.41. The molecule has 168 valence electrons. The van der Waals surface area contributed by atoms with Crippen LogP contribution < -0.4 is 15.6 Å². The minimum Gasteiger partial charge on any atom is -0.507 e. The van der Waals surface area contributed by atoms with Crippen LogP contribution >= 0.6 is 0 Å². The second-order valence-electron chi connectivity index (χ2n) is 7.20. The van der Waals surface area contributed by atoms with E-state index in [9.17, 15) is 14.7 Å². The normalized spacial score (nSPS) is 10.2. The number of ether oxygens (including phenoxy) is 1. The van der Waals surface area contributed by atoms with E-state index in [0.717, 1.165) is 11.1 Å². The highest BCUT2D eigenvalue weighted by Crippen LogP contribution is 2.37. The average Bonchev–Trinajstić information content (AvgIpc) is 3.33. The number of carbonyl (C=O) groups excluding carboxylic acids is 2. The van der Waals surface area contributed by atoms with Gasteiger partial charge >= 0.3 is 5.91 Å². The maximum atomic E-state index is 13.0. The number of aromatic hydroxyl groups is 1. The highest BCUT2D eigenvalue weighted by atomic mass is 16.5. The van der Waals surface area contributed by atoms with Gasteiger partial charge in [-0.05, 0) is 41.5 Å². The molecule has 0 atom stereocenters. The van der Waals surface area contributed by atoms with E-state index in [0.29, 0.717) is 16.9 Å². The Morgan fingerprint density at radius 3 is 2.32 bits per heavy atom. The summed E-state index contributed by atoms with van der Waals surface area (Å²) in [4.78, 5) is 25.4. The third kappa shape index (κ3) is 4.45. The first-order chi connectivity index (χ1) is 16.5. The number of phenols is 1.